The number of carboxylic acid groups (broad SMARTS) is 1. The van der Waals surface area contributed by atoms with Crippen molar-refractivity contribution in [2.24, 2.45) is 0 Å². The summed E-state index contributed by atoms with van der Waals surface area (Å²) in [7, 11) is 1.65. The highest BCUT2D eigenvalue weighted by Crippen LogP contribution is 2.17. The summed E-state index contributed by atoms with van der Waals surface area (Å²) in [5.74, 6) is 0.759. The molecular weight excluding hydrogens is 340 g/mol. The predicted octanol–water partition coefficient (Wildman–Crippen LogP) is 4.76. The van der Waals surface area contributed by atoms with E-state index >= 15 is 0 Å². The van der Waals surface area contributed by atoms with Crippen LogP contribution in [0.2, 0.25) is 0 Å². The Morgan fingerprint density at radius 2 is 1.44 bits per heavy atom. The topological polar surface area (TPSA) is 55.8 Å². The molecular formula is C23H22O4. The zero-order valence-corrected chi connectivity index (χ0v) is 15.2. The molecule has 0 heterocycles. The summed E-state index contributed by atoms with van der Waals surface area (Å²) < 4.78 is 11.0. The Balaban J connectivity index is 1.52. The highest BCUT2D eigenvalue weighted by Gasteiger charge is 2.04. The fourth-order valence-corrected chi connectivity index (χ4v) is 2.79. The van der Waals surface area contributed by atoms with Crippen LogP contribution in [0, 0.1) is 0 Å². The number of aromatic carboxylic acids is 1. The highest BCUT2D eigenvalue weighted by atomic mass is 16.5. The van der Waals surface area contributed by atoms with E-state index < -0.39 is 5.97 Å². The van der Waals surface area contributed by atoms with Gasteiger partial charge in [0.15, 0.2) is 0 Å². The van der Waals surface area contributed by atoms with Crippen molar-refractivity contribution in [3.8, 4) is 11.5 Å². The smallest absolute Gasteiger partial charge is 0.335 e. The molecule has 27 heavy (non-hydrogen) atoms. The van der Waals surface area contributed by atoms with E-state index in [0.717, 1.165) is 35.5 Å². The average molecular weight is 362 g/mol. The molecule has 0 bridgehead atoms. The van der Waals surface area contributed by atoms with Crippen molar-refractivity contribution < 1.29 is 19.4 Å². The molecule has 3 rings (SSSR count). The first kappa shape index (κ1) is 18.5. The first-order valence-electron chi connectivity index (χ1n) is 8.81. The lowest BCUT2D eigenvalue weighted by Gasteiger charge is -2.08. The van der Waals surface area contributed by atoms with Crippen molar-refractivity contribution in [2.45, 2.75) is 19.4 Å². The molecule has 0 fully saturated rings. The van der Waals surface area contributed by atoms with E-state index in [0.29, 0.717) is 12.2 Å². The minimum atomic E-state index is -0.893. The molecule has 0 aliphatic rings. The van der Waals surface area contributed by atoms with Gasteiger partial charge in [-0.15, -0.1) is 0 Å². The van der Waals surface area contributed by atoms with Gasteiger partial charge in [0.25, 0.3) is 0 Å². The molecule has 0 saturated heterocycles. The maximum atomic E-state index is 11.0. The Kier molecular flexibility index (Phi) is 6.10. The summed E-state index contributed by atoms with van der Waals surface area (Å²) in [4.78, 5) is 11.0. The lowest BCUT2D eigenvalue weighted by molar-refractivity contribution is 0.0696. The number of hydrogen-bond donors (Lipinski definition) is 1. The second kappa shape index (κ2) is 8.90. The van der Waals surface area contributed by atoms with Gasteiger partial charge >= 0.3 is 5.97 Å². The fourth-order valence-electron chi connectivity index (χ4n) is 2.79. The van der Waals surface area contributed by atoms with Crippen LogP contribution in [0.3, 0.4) is 0 Å². The molecule has 0 amide bonds. The number of hydrogen-bond acceptors (Lipinski definition) is 3. The van der Waals surface area contributed by atoms with Crippen LogP contribution < -0.4 is 9.47 Å². The highest BCUT2D eigenvalue weighted by molar-refractivity contribution is 5.87. The van der Waals surface area contributed by atoms with Gasteiger partial charge in [0.05, 0.1) is 12.7 Å². The number of rotatable bonds is 8. The number of methoxy groups -OCH3 is 1. The SMILES string of the molecule is COc1ccc(COc2ccc(CCc3cccc(C(=O)O)c3)cc2)cc1. The third-order valence-electron chi connectivity index (χ3n) is 4.36. The Morgan fingerprint density at radius 3 is 2.11 bits per heavy atom. The molecule has 138 valence electrons. The standard InChI is InChI=1S/C23H22O4/c1-26-21-11-9-19(10-12-21)16-27-22-13-7-17(8-14-22)5-6-18-3-2-4-20(15-18)23(24)25/h2-4,7-15H,5-6,16H2,1H3,(H,24,25). The molecule has 0 spiro atoms. The molecule has 0 atom stereocenters. The molecule has 0 aromatic heterocycles. The van der Waals surface area contributed by atoms with Crippen LogP contribution in [0.5, 0.6) is 11.5 Å². The van der Waals surface area contributed by atoms with E-state index in [1.807, 2.05) is 54.6 Å². The van der Waals surface area contributed by atoms with Crippen molar-refractivity contribution >= 4 is 5.97 Å². The van der Waals surface area contributed by atoms with Crippen molar-refractivity contribution in [3.05, 3.63) is 95.1 Å². The van der Waals surface area contributed by atoms with Crippen LogP contribution in [0.15, 0.2) is 72.8 Å². The quantitative estimate of drug-likeness (QED) is 0.628. The minimum absolute atomic E-state index is 0.328. The van der Waals surface area contributed by atoms with Crippen LogP contribution in [0.1, 0.15) is 27.0 Å². The first-order chi connectivity index (χ1) is 13.1. The summed E-state index contributed by atoms with van der Waals surface area (Å²) >= 11 is 0. The minimum Gasteiger partial charge on any atom is -0.497 e. The van der Waals surface area contributed by atoms with Gasteiger partial charge in [-0.25, -0.2) is 4.79 Å². The predicted molar refractivity (Wildman–Crippen MR) is 105 cm³/mol. The zero-order chi connectivity index (χ0) is 19.1. The van der Waals surface area contributed by atoms with Crippen LogP contribution in [0.4, 0.5) is 0 Å². The van der Waals surface area contributed by atoms with Gasteiger partial charge in [-0.2, -0.15) is 0 Å². The van der Waals surface area contributed by atoms with E-state index in [4.69, 9.17) is 14.6 Å². The number of aryl methyl sites for hydroxylation is 2. The van der Waals surface area contributed by atoms with E-state index in [-0.39, 0.29) is 0 Å². The van der Waals surface area contributed by atoms with E-state index in [1.165, 1.54) is 5.56 Å². The van der Waals surface area contributed by atoms with E-state index in [1.54, 1.807) is 25.3 Å². The third-order valence-corrected chi connectivity index (χ3v) is 4.36. The molecule has 4 nitrogen and oxygen atoms in total. The van der Waals surface area contributed by atoms with Gasteiger partial charge in [-0.05, 0) is 65.9 Å². The summed E-state index contributed by atoms with van der Waals surface area (Å²) in [5.41, 5.74) is 3.62. The number of carbonyl (C=O) groups is 1. The van der Waals surface area contributed by atoms with Gasteiger partial charge in [0.2, 0.25) is 0 Å². The molecule has 1 N–H and O–H groups in total. The second-order valence-electron chi connectivity index (χ2n) is 6.29. The molecule has 0 aliphatic heterocycles. The second-order valence-corrected chi connectivity index (χ2v) is 6.29. The average Bonchev–Trinajstić information content (AvgIpc) is 2.72. The summed E-state index contributed by atoms with van der Waals surface area (Å²) in [5, 5.41) is 9.06. The monoisotopic (exact) mass is 362 g/mol. The molecule has 0 aliphatic carbocycles. The number of carboxylic acids is 1. The molecule has 0 radical (unpaired) electrons. The number of ether oxygens (including phenoxy) is 2. The lowest BCUT2D eigenvalue weighted by atomic mass is 10.0. The fraction of sp³-hybridized carbons (Fsp3) is 0.174. The lowest BCUT2D eigenvalue weighted by Crippen LogP contribution is -1.99. The Morgan fingerprint density at radius 1 is 0.815 bits per heavy atom. The maximum absolute atomic E-state index is 11.0. The van der Waals surface area contributed by atoms with Gasteiger partial charge < -0.3 is 14.6 Å². The molecule has 0 saturated carbocycles. The van der Waals surface area contributed by atoms with Crippen molar-refractivity contribution in [1.29, 1.82) is 0 Å². The van der Waals surface area contributed by atoms with Crippen LogP contribution in [0.25, 0.3) is 0 Å². The summed E-state index contributed by atoms with van der Waals surface area (Å²) in [6.07, 6.45) is 1.65. The molecule has 3 aromatic rings. The van der Waals surface area contributed by atoms with E-state index in [2.05, 4.69) is 0 Å². The maximum Gasteiger partial charge on any atom is 0.335 e. The van der Waals surface area contributed by atoms with Gasteiger partial charge in [0, 0.05) is 0 Å². The van der Waals surface area contributed by atoms with Crippen molar-refractivity contribution in [2.75, 3.05) is 7.11 Å². The molecule has 3 aromatic carbocycles. The normalized spacial score (nSPS) is 10.4. The van der Waals surface area contributed by atoms with Gasteiger partial charge in [-0.1, -0.05) is 36.4 Å². The van der Waals surface area contributed by atoms with Crippen LogP contribution in [-0.2, 0) is 19.4 Å². The van der Waals surface area contributed by atoms with Gasteiger partial charge in [-0.3, -0.25) is 0 Å². The van der Waals surface area contributed by atoms with Crippen molar-refractivity contribution in [3.63, 3.8) is 0 Å². The first-order valence-corrected chi connectivity index (χ1v) is 8.81. The summed E-state index contributed by atoms with van der Waals surface area (Å²) in [6.45, 7) is 0.505. The van der Waals surface area contributed by atoms with Crippen LogP contribution >= 0.6 is 0 Å². The Hall–Kier alpha value is -3.27. The zero-order valence-electron chi connectivity index (χ0n) is 15.2. The third kappa shape index (κ3) is 5.35. The largest absolute Gasteiger partial charge is 0.497 e. The number of benzene rings is 3. The van der Waals surface area contributed by atoms with E-state index in [9.17, 15) is 4.79 Å². The summed E-state index contributed by atoms with van der Waals surface area (Å²) in [6, 6.07) is 22.9. The Bertz CT molecular complexity index is 883. The van der Waals surface area contributed by atoms with Crippen molar-refractivity contribution in [1.82, 2.24) is 0 Å². The molecule has 4 heteroatoms. The Labute approximate surface area is 159 Å². The van der Waals surface area contributed by atoms with Crippen LogP contribution in [-0.4, -0.2) is 18.2 Å². The molecule has 0 unspecified atom stereocenters. The van der Waals surface area contributed by atoms with Gasteiger partial charge in [0.1, 0.15) is 18.1 Å².